The predicted octanol–water partition coefficient (Wildman–Crippen LogP) is 10.3. The molecule has 0 amide bonds. The van der Waals surface area contributed by atoms with Crippen LogP contribution in [0.5, 0.6) is 0 Å². The number of para-hydroxylation sites is 3. The van der Waals surface area contributed by atoms with Gasteiger partial charge in [-0.05, 0) is 68.9 Å². The molecule has 0 aliphatic heterocycles. The molecule has 4 heteroatoms. The molecule has 9 aromatic rings. The minimum absolute atomic E-state index is 0.820. The molecule has 3 aromatic heterocycles. The van der Waals surface area contributed by atoms with Crippen molar-refractivity contribution in [1.82, 2.24) is 19.5 Å². The Hall–Kier alpha value is -6.13. The molecule has 0 radical (unpaired) electrons. The molecule has 1 aliphatic rings. The first kappa shape index (κ1) is 24.3. The highest BCUT2D eigenvalue weighted by molar-refractivity contribution is 6.28. The van der Waals surface area contributed by atoms with Gasteiger partial charge in [0.1, 0.15) is 5.69 Å². The van der Waals surface area contributed by atoms with Crippen LogP contribution in [-0.2, 0) is 0 Å². The van der Waals surface area contributed by atoms with Crippen LogP contribution in [0, 0.1) is 0 Å². The van der Waals surface area contributed by atoms with Crippen molar-refractivity contribution in [2.75, 3.05) is 0 Å². The molecule has 0 saturated heterocycles. The van der Waals surface area contributed by atoms with Gasteiger partial charge in [0.25, 0.3) is 0 Å². The Balaban J connectivity index is 1.43. The van der Waals surface area contributed by atoms with Gasteiger partial charge in [-0.25, -0.2) is 9.97 Å². The quantitative estimate of drug-likeness (QED) is 0.207. The summed E-state index contributed by atoms with van der Waals surface area (Å²) < 4.78 is 2.33. The van der Waals surface area contributed by atoms with Crippen LogP contribution in [0.3, 0.4) is 0 Å². The van der Waals surface area contributed by atoms with Crippen molar-refractivity contribution in [3.8, 4) is 50.5 Å². The van der Waals surface area contributed by atoms with Crippen LogP contribution >= 0.6 is 0 Å². The Kier molecular flexibility index (Phi) is 4.96. The third kappa shape index (κ3) is 3.39. The van der Waals surface area contributed by atoms with Crippen LogP contribution in [-0.4, -0.2) is 19.5 Å². The van der Waals surface area contributed by atoms with Crippen LogP contribution in [0.1, 0.15) is 0 Å². The van der Waals surface area contributed by atoms with Gasteiger partial charge in [0.15, 0.2) is 5.82 Å². The van der Waals surface area contributed by atoms with Gasteiger partial charge in [-0.3, -0.25) is 9.55 Å². The van der Waals surface area contributed by atoms with E-state index in [4.69, 9.17) is 9.97 Å². The van der Waals surface area contributed by atoms with Gasteiger partial charge in [0.05, 0.1) is 22.1 Å². The van der Waals surface area contributed by atoms with Crippen molar-refractivity contribution in [3.63, 3.8) is 0 Å². The lowest BCUT2D eigenvalue weighted by atomic mass is 9.91. The van der Waals surface area contributed by atoms with E-state index in [0.29, 0.717) is 0 Å². The lowest BCUT2D eigenvalue weighted by Crippen LogP contribution is -2.03. The van der Waals surface area contributed by atoms with Gasteiger partial charge in [-0.15, -0.1) is 0 Å². The maximum atomic E-state index is 5.35. The van der Waals surface area contributed by atoms with Crippen molar-refractivity contribution in [1.29, 1.82) is 0 Å². The largest absolute Gasteiger partial charge is 0.292 e. The molecule has 208 valence electrons. The van der Waals surface area contributed by atoms with Crippen LogP contribution in [0.2, 0.25) is 0 Å². The third-order valence-corrected chi connectivity index (χ3v) is 9.23. The molecule has 0 fully saturated rings. The Morgan fingerprint density at radius 2 is 1.11 bits per heavy atom. The zero-order valence-corrected chi connectivity index (χ0v) is 24.1. The molecule has 4 nitrogen and oxygen atoms in total. The summed E-state index contributed by atoms with van der Waals surface area (Å²) in [7, 11) is 0. The molecule has 6 aromatic carbocycles. The SMILES string of the molecule is c1ccc(-c2nc3ccccc3nc2-n2c3ccccc3c3c4cccc5c4c(cc32)-c2ccncc2-c2ccccc2-5)cc1. The summed E-state index contributed by atoms with van der Waals surface area (Å²) >= 11 is 0. The van der Waals surface area contributed by atoms with E-state index in [1.807, 2.05) is 42.7 Å². The minimum atomic E-state index is 0.820. The first-order valence-corrected chi connectivity index (χ1v) is 15.2. The Morgan fingerprint density at radius 3 is 1.98 bits per heavy atom. The molecular formula is C41H24N4. The number of hydrogen-bond donors (Lipinski definition) is 0. The van der Waals surface area contributed by atoms with Gasteiger partial charge in [0, 0.05) is 34.3 Å². The molecule has 3 heterocycles. The van der Waals surface area contributed by atoms with E-state index in [0.717, 1.165) is 44.7 Å². The van der Waals surface area contributed by atoms with E-state index in [1.165, 1.54) is 49.4 Å². The molecule has 0 atom stereocenters. The summed E-state index contributed by atoms with van der Waals surface area (Å²) in [6.07, 6.45) is 3.91. The fourth-order valence-corrected chi connectivity index (χ4v) is 7.34. The zero-order chi connectivity index (χ0) is 29.5. The fourth-order valence-electron chi connectivity index (χ4n) is 7.34. The van der Waals surface area contributed by atoms with E-state index in [9.17, 15) is 0 Å². The standard InChI is InChI=1S/C41H24N4/c1-2-11-25(12-3-1)40-41(44-35-19-8-7-18-34(35)43-40)45-36-20-9-6-15-30(36)39-31-17-10-16-29-26-13-4-5-14-27(26)33-24-42-22-21-28(33)32(38(29)31)23-37(39)45/h1-24H. The van der Waals surface area contributed by atoms with E-state index in [2.05, 4.69) is 113 Å². The second kappa shape index (κ2) is 9.18. The highest BCUT2D eigenvalue weighted by Crippen LogP contribution is 2.50. The smallest absolute Gasteiger partial charge is 0.165 e. The molecule has 1 aliphatic carbocycles. The highest BCUT2D eigenvalue weighted by atomic mass is 15.1. The number of benzene rings is 6. The van der Waals surface area contributed by atoms with E-state index >= 15 is 0 Å². The van der Waals surface area contributed by atoms with E-state index in [1.54, 1.807) is 0 Å². The average Bonchev–Trinajstić information content (AvgIpc) is 3.39. The molecule has 0 saturated carbocycles. The Labute approximate surface area is 258 Å². The number of pyridine rings is 1. The maximum Gasteiger partial charge on any atom is 0.165 e. The molecular weight excluding hydrogens is 548 g/mol. The first-order valence-electron chi connectivity index (χ1n) is 15.2. The first-order chi connectivity index (χ1) is 22.3. The van der Waals surface area contributed by atoms with Gasteiger partial charge in [-0.1, -0.05) is 103 Å². The summed E-state index contributed by atoms with van der Waals surface area (Å²) in [6, 6.07) is 47.2. The van der Waals surface area contributed by atoms with Gasteiger partial charge < -0.3 is 0 Å². The zero-order valence-electron chi connectivity index (χ0n) is 24.1. The molecule has 0 N–H and O–H groups in total. The van der Waals surface area contributed by atoms with Crippen molar-refractivity contribution in [2.24, 2.45) is 0 Å². The third-order valence-electron chi connectivity index (χ3n) is 9.23. The van der Waals surface area contributed by atoms with E-state index in [-0.39, 0.29) is 0 Å². The summed E-state index contributed by atoms with van der Waals surface area (Å²) in [5.41, 5.74) is 13.0. The second-order valence-electron chi connectivity index (χ2n) is 11.6. The minimum Gasteiger partial charge on any atom is -0.292 e. The van der Waals surface area contributed by atoms with Crippen molar-refractivity contribution >= 4 is 43.6 Å². The lowest BCUT2D eigenvalue weighted by molar-refractivity contribution is 1.08. The van der Waals surface area contributed by atoms with Crippen molar-refractivity contribution < 1.29 is 0 Å². The van der Waals surface area contributed by atoms with E-state index < -0.39 is 0 Å². The van der Waals surface area contributed by atoms with Gasteiger partial charge in [-0.2, -0.15) is 0 Å². The molecule has 0 unspecified atom stereocenters. The normalized spacial score (nSPS) is 12.0. The highest BCUT2D eigenvalue weighted by Gasteiger charge is 2.26. The maximum absolute atomic E-state index is 5.35. The summed E-state index contributed by atoms with van der Waals surface area (Å²) in [6.45, 7) is 0. The fraction of sp³-hybridized carbons (Fsp3) is 0. The Morgan fingerprint density at radius 1 is 0.444 bits per heavy atom. The van der Waals surface area contributed by atoms with Crippen LogP contribution in [0.15, 0.2) is 146 Å². The second-order valence-corrected chi connectivity index (χ2v) is 11.6. The monoisotopic (exact) mass is 572 g/mol. The number of nitrogens with zero attached hydrogens (tertiary/aromatic N) is 4. The van der Waals surface area contributed by atoms with Gasteiger partial charge in [0.2, 0.25) is 0 Å². The van der Waals surface area contributed by atoms with Crippen LogP contribution in [0.25, 0.3) is 94.1 Å². The van der Waals surface area contributed by atoms with Crippen molar-refractivity contribution in [2.45, 2.75) is 0 Å². The summed E-state index contributed by atoms with van der Waals surface area (Å²) in [5.74, 6) is 0.820. The molecule has 0 spiro atoms. The molecule has 10 rings (SSSR count). The Bertz CT molecular complexity index is 2650. The van der Waals surface area contributed by atoms with Crippen molar-refractivity contribution in [3.05, 3.63) is 146 Å². The average molecular weight is 573 g/mol. The van der Waals surface area contributed by atoms with Crippen LogP contribution in [0.4, 0.5) is 0 Å². The predicted molar refractivity (Wildman–Crippen MR) is 184 cm³/mol. The van der Waals surface area contributed by atoms with Gasteiger partial charge >= 0.3 is 0 Å². The topological polar surface area (TPSA) is 43.6 Å². The molecule has 0 bridgehead atoms. The summed E-state index contributed by atoms with van der Waals surface area (Å²) in [5, 5.41) is 4.90. The number of aromatic nitrogens is 4. The summed E-state index contributed by atoms with van der Waals surface area (Å²) in [4.78, 5) is 15.2. The number of fused-ring (bicyclic) bond motifs is 10. The number of rotatable bonds is 2. The molecule has 45 heavy (non-hydrogen) atoms. The number of hydrogen-bond acceptors (Lipinski definition) is 3. The van der Waals surface area contributed by atoms with Crippen LogP contribution < -0.4 is 0 Å². The lowest BCUT2D eigenvalue weighted by Gasteiger charge is -2.16.